The van der Waals surface area contributed by atoms with Crippen molar-refractivity contribution in [1.82, 2.24) is 30.1 Å². The highest BCUT2D eigenvalue weighted by atomic mass is 16.5. The summed E-state index contributed by atoms with van der Waals surface area (Å²) in [6, 6.07) is 16.1. The fourth-order valence-electron chi connectivity index (χ4n) is 4.10. The molecule has 1 aliphatic heterocycles. The van der Waals surface area contributed by atoms with E-state index >= 15 is 0 Å². The van der Waals surface area contributed by atoms with Gasteiger partial charge in [0.05, 0.1) is 11.9 Å². The monoisotopic (exact) mass is 525 g/mol. The number of anilines is 1. The summed E-state index contributed by atoms with van der Waals surface area (Å²) in [5.74, 6) is -0.523. The van der Waals surface area contributed by atoms with Crippen LogP contribution in [0.25, 0.3) is 11.3 Å². The molecular formula is C28H27N7O4. The molecule has 198 valence electrons. The predicted octanol–water partition coefficient (Wildman–Crippen LogP) is 2.45. The minimum absolute atomic E-state index is 0.0275. The number of hydrogen-bond acceptors (Lipinski definition) is 7. The number of rotatable bonds is 8. The van der Waals surface area contributed by atoms with Crippen molar-refractivity contribution in [2.24, 2.45) is 0 Å². The number of benzene rings is 2. The van der Waals surface area contributed by atoms with E-state index in [0.29, 0.717) is 17.1 Å². The predicted molar refractivity (Wildman–Crippen MR) is 145 cm³/mol. The van der Waals surface area contributed by atoms with E-state index in [1.807, 2.05) is 43.3 Å². The van der Waals surface area contributed by atoms with Crippen LogP contribution < -0.4 is 20.7 Å². The highest BCUT2D eigenvalue weighted by Crippen LogP contribution is 2.28. The van der Waals surface area contributed by atoms with Gasteiger partial charge in [-0.15, -0.1) is 0 Å². The topological polar surface area (TPSA) is 130 Å². The molecule has 0 unspecified atom stereocenters. The minimum atomic E-state index is -0.458. The Morgan fingerprint density at radius 2 is 1.82 bits per heavy atom. The van der Waals surface area contributed by atoms with Gasteiger partial charge in [-0.3, -0.25) is 14.4 Å². The van der Waals surface area contributed by atoms with Gasteiger partial charge in [0.15, 0.2) is 12.3 Å². The maximum atomic E-state index is 13.2. The molecule has 4 aromatic rings. The van der Waals surface area contributed by atoms with Crippen molar-refractivity contribution < 1.29 is 19.1 Å². The molecule has 3 amide bonds. The van der Waals surface area contributed by atoms with Crippen LogP contribution in [0, 0.1) is 0 Å². The van der Waals surface area contributed by atoms with Gasteiger partial charge in [0.1, 0.15) is 17.1 Å². The Hall–Kier alpha value is -5.19. The lowest BCUT2D eigenvalue weighted by Gasteiger charge is -2.18. The van der Waals surface area contributed by atoms with Gasteiger partial charge in [-0.05, 0) is 34.9 Å². The molecule has 0 fully saturated rings. The van der Waals surface area contributed by atoms with Crippen molar-refractivity contribution >= 4 is 34.8 Å². The smallest absolute Gasteiger partial charge is 0.270 e. The summed E-state index contributed by atoms with van der Waals surface area (Å²) in [6.45, 7) is 4.51. The largest absolute Gasteiger partial charge is 0.482 e. The van der Waals surface area contributed by atoms with E-state index < -0.39 is 11.8 Å². The summed E-state index contributed by atoms with van der Waals surface area (Å²) < 4.78 is 6.76. The average Bonchev–Trinajstić information content (AvgIpc) is 3.42. The molecule has 11 heteroatoms. The Morgan fingerprint density at radius 3 is 2.62 bits per heavy atom. The second-order valence-corrected chi connectivity index (χ2v) is 9.20. The Kier molecular flexibility index (Phi) is 6.96. The Labute approximate surface area is 224 Å². The van der Waals surface area contributed by atoms with Crippen LogP contribution in [0.3, 0.4) is 0 Å². The SMILES string of the molecule is C=C(c1cccc(CNC(=O)c2cc(C(=O)NCc3ccc4c(c3)NC(=O)CO4)nc3ccnn23)c1)N(C)C. The third-order valence-corrected chi connectivity index (χ3v) is 6.21. The summed E-state index contributed by atoms with van der Waals surface area (Å²) in [4.78, 5) is 44.0. The van der Waals surface area contributed by atoms with Crippen molar-refractivity contribution in [3.8, 4) is 5.75 Å². The lowest BCUT2D eigenvalue weighted by atomic mass is 10.1. The van der Waals surface area contributed by atoms with Crippen LogP contribution >= 0.6 is 0 Å². The number of nitrogens with zero attached hydrogens (tertiary/aromatic N) is 4. The third kappa shape index (κ3) is 5.57. The zero-order valence-corrected chi connectivity index (χ0v) is 21.5. The summed E-state index contributed by atoms with van der Waals surface area (Å²) in [5.41, 5.74) is 4.65. The highest BCUT2D eigenvalue weighted by molar-refractivity contribution is 5.98. The van der Waals surface area contributed by atoms with E-state index in [1.54, 1.807) is 24.3 Å². The first-order valence-corrected chi connectivity index (χ1v) is 12.2. The number of fused-ring (bicyclic) bond motifs is 2. The van der Waals surface area contributed by atoms with E-state index in [2.05, 4.69) is 32.6 Å². The fraction of sp³-hybridized carbons (Fsp3) is 0.179. The van der Waals surface area contributed by atoms with Crippen molar-refractivity contribution in [1.29, 1.82) is 0 Å². The summed E-state index contributed by atoms with van der Waals surface area (Å²) in [6.07, 6.45) is 1.51. The Morgan fingerprint density at radius 1 is 1.05 bits per heavy atom. The van der Waals surface area contributed by atoms with E-state index in [0.717, 1.165) is 22.4 Å². The number of carbonyl (C=O) groups is 3. The molecule has 11 nitrogen and oxygen atoms in total. The second-order valence-electron chi connectivity index (χ2n) is 9.20. The molecule has 39 heavy (non-hydrogen) atoms. The van der Waals surface area contributed by atoms with Crippen LogP contribution in [0.1, 0.15) is 37.7 Å². The summed E-state index contributed by atoms with van der Waals surface area (Å²) >= 11 is 0. The molecule has 3 N–H and O–H groups in total. The molecule has 0 saturated heterocycles. The molecule has 0 spiro atoms. The maximum Gasteiger partial charge on any atom is 0.270 e. The first kappa shape index (κ1) is 25.5. The fourth-order valence-corrected chi connectivity index (χ4v) is 4.10. The molecule has 3 heterocycles. The zero-order chi connectivity index (χ0) is 27.5. The molecule has 0 bridgehead atoms. The zero-order valence-electron chi connectivity index (χ0n) is 21.5. The van der Waals surface area contributed by atoms with Crippen molar-refractivity contribution in [2.45, 2.75) is 13.1 Å². The third-order valence-electron chi connectivity index (χ3n) is 6.21. The van der Waals surface area contributed by atoms with Crippen LogP contribution in [-0.4, -0.2) is 57.9 Å². The van der Waals surface area contributed by atoms with Crippen LogP contribution in [0.5, 0.6) is 5.75 Å². The number of carbonyl (C=O) groups excluding carboxylic acids is 3. The number of hydrogen-bond donors (Lipinski definition) is 3. The van der Waals surface area contributed by atoms with E-state index in [9.17, 15) is 14.4 Å². The average molecular weight is 526 g/mol. The molecule has 2 aromatic carbocycles. The van der Waals surface area contributed by atoms with Crippen molar-refractivity contribution in [2.75, 3.05) is 26.0 Å². The normalized spacial score (nSPS) is 12.2. The van der Waals surface area contributed by atoms with Crippen LogP contribution in [0.4, 0.5) is 5.69 Å². The quantitative estimate of drug-likeness (QED) is 0.322. The lowest BCUT2D eigenvalue weighted by Crippen LogP contribution is -2.28. The number of amides is 3. The van der Waals surface area contributed by atoms with Gasteiger partial charge >= 0.3 is 0 Å². The van der Waals surface area contributed by atoms with Gasteiger partial charge in [-0.25, -0.2) is 9.50 Å². The van der Waals surface area contributed by atoms with Gasteiger partial charge < -0.3 is 25.6 Å². The van der Waals surface area contributed by atoms with Gasteiger partial charge in [-0.2, -0.15) is 5.10 Å². The summed E-state index contributed by atoms with van der Waals surface area (Å²) in [5, 5.41) is 12.6. The van der Waals surface area contributed by atoms with Gasteiger partial charge in [0.2, 0.25) is 0 Å². The minimum Gasteiger partial charge on any atom is -0.482 e. The van der Waals surface area contributed by atoms with Gasteiger partial charge in [0, 0.05) is 45.0 Å². The Balaban J connectivity index is 1.29. The standard InChI is InChI=1S/C28H27N7O4/c1-17(34(2)3)20-6-4-5-18(11-20)14-30-28(38)23-13-22(32-25-9-10-31-35(23)25)27(37)29-15-19-7-8-24-21(12-19)33-26(36)16-39-24/h4-13H,1,14-16H2,2-3H3,(H,29,37)(H,30,38)(H,33,36). The molecule has 0 atom stereocenters. The summed E-state index contributed by atoms with van der Waals surface area (Å²) in [7, 11) is 3.84. The molecular weight excluding hydrogens is 498 g/mol. The highest BCUT2D eigenvalue weighted by Gasteiger charge is 2.19. The number of nitrogens with one attached hydrogen (secondary N) is 3. The van der Waals surface area contributed by atoms with E-state index in [1.165, 1.54) is 16.8 Å². The molecule has 2 aromatic heterocycles. The molecule has 5 rings (SSSR count). The maximum absolute atomic E-state index is 13.2. The van der Waals surface area contributed by atoms with E-state index in [4.69, 9.17) is 4.74 Å². The van der Waals surface area contributed by atoms with Crippen LogP contribution in [0.15, 0.2) is 67.4 Å². The van der Waals surface area contributed by atoms with Gasteiger partial charge in [0.25, 0.3) is 17.7 Å². The molecule has 0 aliphatic carbocycles. The molecule has 1 aliphatic rings. The van der Waals surface area contributed by atoms with Crippen LogP contribution in [-0.2, 0) is 17.9 Å². The number of aromatic nitrogens is 3. The van der Waals surface area contributed by atoms with Gasteiger partial charge in [-0.1, -0.05) is 30.8 Å². The van der Waals surface area contributed by atoms with Crippen molar-refractivity contribution in [3.05, 3.63) is 95.5 Å². The van der Waals surface area contributed by atoms with Crippen molar-refractivity contribution in [3.63, 3.8) is 0 Å². The van der Waals surface area contributed by atoms with E-state index in [-0.39, 0.29) is 37.0 Å². The second kappa shape index (κ2) is 10.7. The first-order chi connectivity index (χ1) is 18.8. The molecule has 0 saturated carbocycles. The first-order valence-electron chi connectivity index (χ1n) is 12.2. The molecule has 0 radical (unpaired) electrons. The Bertz CT molecular complexity index is 1610. The lowest BCUT2D eigenvalue weighted by molar-refractivity contribution is -0.118. The van der Waals surface area contributed by atoms with Crippen LogP contribution in [0.2, 0.25) is 0 Å². The number of ether oxygens (including phenoxy) is 1.